The van der Waals surface area contributed by atoms with Gasteiger partial charge in [-0.1, -0.05) is 38.0 Å². The molecule has 116 valence electrons. The Kier molecular flexibility index (Phi) is 5.37. The number of aliphatic hydroxyl groups excluding tert-OH is 1. The summed E-state index contributed by atoms with van der Waals surface area (Å²) in [5.41, 5.74) is 2.91. The molecule has 4 nitrogen and oxygen atoms in total. The predicted octanol–water partition coefficient (Wildman–Crippen LogP) is 2.39. The molecule has 3 N–H and O–H groups in total. The van der Waals surface area contributed by atoms with E-state index >= 15 is 0 Å². The summed E-state index contributed by atoms with van der Waals surface area (Å²) in [7, 11) is 0. The van der Waals surface area contributed by atoms with Crippen LogP contribution in [0.2, 0.25) is 0 Å². The van der Waals surface area contributed by atoms with Crippen LogP contribution in [0.4, 0.5) is 5.69 Å². The molecule has 1 aromatic rings. The fourth-order valence-electron chi connectivity index (χ4n) is 3.10. The van der Waals surface area contributed by atoms with Crippen LogP contribution in [0.25, 0.3) is 0 Å². The molecule has 0 radical (unpaired) electrons. The molecule has 0 bridgehead atoms. The van der Waals surface area contributed by atoms with Gasteiger partial charge in [-0.15, -0.1) is 0 Å². The highest BCUT2D eigenvalue weighted by molar-refractivity contribution is 5.93. The molecular weight excluding hydrogens is 264 g/mol. The molecule has 0 aliphatic heterocycles. The van der Waals surface area contributed by atoms with Crippen molar-refractivity contribution in [3.8, 4) is 0 Å². The molecule has 1 aromatic carbocycles. The van der Waals surface area contributed by atoms with Gasteiger partial charge >= 0.3 is 0 Å². The van der Waals surface area contributed by atoms with E-state index in [0.717, 1.165) is 48.9 Å². The van der Waals surface area contributed by atoms with Crippen LogP contribution in [-0.2, 0) is 11.2 Å². The maximum atomic E-state index is 12.2. The lowest BCUT2D eigenvalue weighted by molar-refractivity contribution is -0.115. The van der Waals surface area contributed by atoms with Crippen molar-refractivity contribution in [2.24, 2.45) is 0 Å². The van der Waals surface area contributed by atoms with Gasteiger partial charge in [-0.3, -0.25) is 4.79 Å². The van der Waals surface area contributed by atoms with E-state index in [4.69, 9.17) is 0 Å². The standard InChI is InChI=1S/C17H26N2O2/c1-3-14-8-6-7-13(2)16(14)19-15(21)11-18-17(12-20)9-4-5-10-17/h6-8,18,20H,3-5,9-12H2,1-2H3,(H,19,21). The van der Waals surface area contributed by atoms with Crippen LogP contribution in [0, 0.1) is 6.92 Å². The SMILES string of the molecule is CCc1cccc(C)c1NC(=O)CNC1(CO)CCCC1. The molecule has 0 saturated heterocycles. The summed E-state index contributed by atoms with van der Waals surface area (Å²) < 4.78 is 0. The van der Waals surface area contributed by atoms with E-state index in [2.05, 4.69) is 17.6 Å². The third-order valence-electron chi connectivity index (χ3n) is 4.49. The molecule has 0 heterocycles. The Morgan fingerprint density at radius 2 is 2.05 bits per heavy atom. The number of carbonyl (C=O) groups is 1. The Morgan fingerprint density at radius 1 is 1.33 bits per heavy atom. The van der Waals surface area contributed by atoms with Crippen molar-refractivity contribution < 1.29 is 9.90 Å². The zero-order valence-electron chi connectivity index (χ0n) is 13.0. The van der Waals surface area contributed by atoms with E-state index in [1.54, 1.807) is 0 Å². The fourth-order valence-corrected chi connectivity index (χ4v) is 3.10. The maximum absolute atomic E-state index is 12.2. The minimum absolute atomic E-state index is 0.0428. The Balaban J connectivity index is 1.96. The lowest BCUT2D eigenvalue weighted by Gasteiger charge is -2.27. The number of aliphatic hydroxyl groups is 1. The normalized spacial score (nSPS) is 16.9. The average Bonchev–Trinajstić information content (AvgIpc) is 2.97. The summed E-state index contributed by atoms with van der Waals surface area (Å²) in [6.07, 6.45) is 5.02. The van der Waals surface area contributed by atoms with Crippen molar-refractivity contribution in [1.82, 2.24) is 5.32 Å². The summed E-state index contributed by atoms with van der Waals surface area (Å²) in [5, 5.41) is 15.8. The van der Waals surface area contributed by atoms with Crippen LogP contribution in [-0.4, -0.2) is 29.7 Å². The summed E-state index contributed by atoms with van der Waals surface area (Å²) in [5.74, 6) is -0.0428. The van der Waals surface area contributed by atoms with Gasteiger partial charge in [0.1, 0.15) is 0 Å². The van der Waals surface area contributed by atoms with Gasteiger partial charge in [-0.25, -0.2) is 0 Å². The lowest BCUT2D eigenvalue weighted by atomic mass is 9.99. The zero-order chi connectivity index (χ0) is 15.3. The van der Waals surface area contributed by atoms with E-state index in [-0.39, 0.29) is 24.6 Å². The van der Waals surface area contributed by atoms with Crippen molar-refractivity contribution in [1.29, 1.82) is 0 Å². The van der Waals surface area contributed by atoms with Gasteiger partial charge in [0, 0.05) is 11.2 Å². The fraction of sp³-hybridized carbons (Fsp3) is 0.588. The molecular formula is C17H26N2O2. The van der Waals surface area contributed by atoms with Gasteiger partial charge in [-0.05, 0) is 37.3 Å². The first kappa shape index (κ1) is 16.0. The Morgan fingerprint density at radius 3 is 2.67 bits per heavy atom. The second kappa shape index (κ2) is 7.05. The number of para-hydroxylation sites is 1. The third kappa shape index (κ3) is 3.83. The van der Waals surface area contributed by atoms with Crippen LogP contribution < -0.4 is 10.6 Å². The number of nitrogens with one attached hydrogen (secondary N) is 2. The lowest BCUT2D eigenvalue weighted by Crippen LogP contribution is -2.49. The minimum Gasteiger partial charge on any atom is -0.394 e. The summed E-state index contributed by atoms with van der Waals surface area (Å²) in [6.45, 7) is 4.44. The van der Waals surface area contributed by atoms with E-state index < -0.39 is 0 Å². The van der Waals surface area contributed by atoms with Gasteiger partial charge in [0.05, 0.1) is 13.2 Å². The molecule has 1 amide bonds. The van der Waals surface area contributed by atoms with E-state index in [9.17, 15) is 9.90 Å². The Bertz CT molecular complexity index is 494. The van der Waals surface area contributed by atoms with Crippen LogP contribution >= 0.6 is 0 Å². The minimum atomic E-state index is -0.253. The number of hydrogen-bond acceptors (Lipinski definition) is 3. The molecule has 2 rings (SSSR count). The van der Waals surface area contributed by atoms with E-state index in [1.165, 1.54) is 0 Å². The van der Waals surface area contributed by atoms with Gasteiger partial charge in [0.2, 0.25) is 5.91 Å². The predicted molar refractivity (Wildman–Crippen MR) is 85.5 cm³/mol. The summed E-state index contributed by atoms with van der Waals surface area (Å²) in [4.78, 5) is 12.2. The van der Waals surface area contributed by atoms with Gasteiger partial charge in [-0.2, -0.15) is 0 Å². The molecule has 1 fully saturated rings. The first-order chi connectivity index (χ1) is 10.1. The molecule has 0 atom stereocenters. The van der Waals surface area contributed by atoms with Crippen LogP contribution in [0.15, 0.2) is 18.2 Å². The average molecular weight is 290 g/mol. The molecule has 0 unspecified atom stereocenters. The highest BCUT2D eigenvalue weighted by Crippen LogP contribution is 2.29. The number of anilines is 1. The quantitative estimate of drug-likeness (QED) is 0.754. The zero-order valence-corrected chi connectivity index (χ0v) is 13.0. The van der Waals surface area contributed by atoms with Crippen LogP contribution in [0.5, 0.6) is 0 Å². The second-order valence-electron chi connectivity index (χ2n) is 6.01. The first-order valence-corrected chi connectivity index (χ1v) is 7.84. The molecule has 1 saturated carbocycles. The number of hydrogen-bond donors (Lipinski definition) is 3. The van der Waals surface area contributed by atoms with Crippen molar-refractivity contribution in [2.45, 2.75) is 51.5 Å². The van der Waals surface area contributed by atoms with Gasteiger partial charge in [0.15, 0.2) is 0 Å². The highest BCUT2D eigenvalue weighted by Gasteiger charge is 2.32. The van der Waals surface area contributed by atoms with Crippen molar-refractivity contribution in [3.05, 3.63) is 29.3 Å². The van der Waals surface area contributed by atoms with Gasteiger partial charge < -0.3 is 15.7 Å². The van der Waals surface area contributed by atoms with Crippen LogP contribution in [0.1, 0.15) is 43.7 Å². The third-order valence-corrected chi connectivity index (χ3v) is 4.49. The number of amides is 1. The number of carbonyl (C=O) groups excluding carboxylic acids is 1. The largest absolute Gasteiger partial charge is 0.394 e. The van der Waals surface area contributed by atoms with E-state index in [1.807, 2.05) is 25.1 Å². The monoisotopic (exact) mass is 290 g/mol. The molecule has 0 aromatic heterocycles. The highest BCUT2D eigenvalue weighted by atomic mass is 16.3. The van der Waals surface area contributed by atoms with Crippen LogP contribution in [0.3, 0.4) is 0 Å². The Labute approximate surface area is 126 Å². The number of aryl methyl sites for hydroxylation is 2. The van der Waals surface area contributed by atoms with Gasteiger partial charge in [0.25, 0.3) is 0 Å². The smallest absolute Gasteiger partial charge is 0.238 e. The molecule has 4 heteroatoms. The van der Waals surface area contributed by atoms with Crippen molar-refractivity contribution in [2.75, 3.05) is 18.5 Å². The van der Waals surface area contributed by atoms with Crippen molar-refractivity contribution >= 4 is 11.6 Å². The first-order valence-electron chi connectivity index (χ1n) is 7.84. The topological polar surface area (TPSA) is 61.4 Å². The maximum Gasteiger partial charge on any atom is 0.238 e. The molecule has 1 aliphatic rings. The number of rotatable bonds is 6. The molecule has 0 spiro atoms. The molecule has 1 aliphatic carbocycles. The number of benzene rings is 1. The summed E-state index contributed by atoms with van der Waals surface area (Å²) in [6, 6.07) is 6.07. The van der Waals surface area contributed by atoms with E-state index in [0.29, 0.717) is 0 Å². The van der Waals surface area contributed by atoms with Crippen molar-refractivity contribution in [3.63, 3.8) is 0 Å². The Hall–Kier alpha value is -1.39. The summed E-state index contributed by atoms with van der Waals surface area (Å²) >= 11 is 0. The second-order valence-corrected chi connectivity index (χ2v) is 6.01. The molecule has 21 heavy (non-hydrogen) atoms.